The molecule has 3 N–H and O–H groups in total. The van der Waals surface area contributed by atoms with E-state index in [1.807, 2.05) is 45.0 Å². The molecule has 0 aliphatic heterocycles. The largest absolute Gasteiger partial charge is 0.354 e. The summed E-state index contributed by atoms with van der Waals surface area (Å²) in [6, 6.07) is 7.82. The van der Waals surface area contributed by atoms with Gasteiger partial charge in [0.2, 0.25) is 11.8 Å². The predicted molar refractivity (Wildman–Crippen MR) is 85.2 cm³/mol. The van der Waals surface area contributed by atoms with Crippen LogP contribution in [-0.4, -0.2) is 30.9 Å². The van der Waals surface area contributed by atoms with Gasteiger partial charge in [-0.2, -0.15) is 0 Å². The molecule has 1 aromatic rings. The van der Waals surface area contributed by atoms with Gasteiger partial charge in [0.25, 0.3) is 0 Å². The number of aryl methyl sites for hydroxylation is 1. The molecule has 1 aromatic carbocycles. The number of hydrogen-bond acceptors (Lipinski definition) is 3. The molecule has 0 radical (unpaired) electrons. The fraction of sp³-hybridized carbons (Fsp3) is 0.500. The van der Waals surface area contributed by atoms with Gasteiger partial charge in [-0.05, 0) is 31.9 Å². The zero-order chi connectivity index (χ0) is 15.7. The van der Waals surface area contributed by atoms with Crippen LogP contribution in [0.25, 0.3) is 0 Å². The lowest BCUT2D eigenvalue weighted by atomic mass is 10.2. The summed E-state index contributed by atoms with van der Waals surface area (Å²) < 4.78 is 0. The van der Waals surface area contributed by atoms with Crippen molar-refractivity contribution < 1.29 is 9.59 Å². The van der Waals surface area contributed by atoms with Gasteiger partial charge in [0.1, 0.15) is 0 Å². The Morgan fingerprint density at radius 1 is 1.19 bits per heavy atom. The number of para-hydroxylation sites is 1. The molecule has 0 aliphatic carbocycles. The van der Waals surface area contributed by atoms with Gasteiger partial charge in [0, 0.05) is 24.7 Å². The van der Waals surface area contributed by atoms with E-state index in [2.05, 4.69) is 16.0 Å². The topological polar surface area (TPSA) is 70.2 Å². The number of benzene rings is 1. The Kier molecular flexibility index (Phi) is 7.46. The van der Waals surface area contributed by atoms with Gasteiger partial charge in [0.05, 0.1) is 6.54 Å². The highest BCUT2D eigenvalue weighted by Gasteiger charge is 2.06. The Morgan fingerprint density at radius 3 is 2.57 bits per heavy atom. The van der Waals surface area contributed by atoms with E-state index in [4.69, 9.17) is 0 Å². The summed E-state index contributed by atoms with van der Waals surface area (Å²) in [5.74, 6) is -0.0946. The summed E-state index contributed by atoms with van der Waals surface area (Å²) >= 11 is 0. The molecular formula is C16H25N3O2. The SMILES string of the molecule is CCC(C)NC(=O)CCNCC(=O)Nc1ccccc1C. The lowest BCUT2D eigenvalue weighted by Gasteiger charge is -2.12. The molecule has 0 fully saturated rings. The van der Waals surface area contributed by atoms with Gasteiger partial charge in [-0.1, -0.05) is 25.1 Å². The second kappa shape index (κ2) is 9.13. The van der Waals surface area contributed by atoms with Crippen LogP contribution in [0, 0.1) is 6.92 Å². The molecule has 0 aliphatic rings. The highest BCUT2D eigenvalue weighted by atomic mass is 16.2. The second-order valence-corrected chi connectivity index (χ2v) is 5.17. The first kappa shape index (κ1) is 17.2. The fourth-order valence-corrected chi connectivity index (χ4v) is 1.76. The van der Waals surface area contributed by atoms with Gasteiger partial charge < -0.3 is 16.0 Å². The average Bonchev–Trinajstić information content (AvgIpc) is 2.46. The molecule has 1 atom stereocenters. The van der Waals surface area contributed by atoms with Gasteiger partial charge in [0.15, 0.2) is 0 Å². The number of rotatable bonds is 8. The van der Waals surface area contributed by atoms with Crippen LogP contribution in [0.15, 0.2) is 24.3 Å². The Labute approximate surface area is 126 Å². The summed E-state index contributed by atoms with van der Waals surface area (Å²) in [5, 5.41) is 8.70. The Hall–Kier alpha value is -1.88. The van der Waals surface area contributed by atoms with Crippen molar-refractivity contribution in [3.8, 4) is 0 Å². The summed E-state index contributed by atoms with van der Waals surface area (Å²) in [6.07, 6.45) is 1.29. The van der Waals surface area contributed by atoms with Crippen LogP contribution in [0.2, 0.25) is 0 Å². The zero-order valence-electron chi connectivity index (χ0n) is 13.0. The van der Waals surface area contributed by atoms with Crippen molar-refractivity contribution >= 4 is 17.5 Å². The maximum absolute atomic E-state index is 11.8. The minimum Gasteiger partial charge on any atom is -0.354 e. The van der Waals surface area contributed by atoms with Crippen molar-refractivity contribution in [1.82, 2.24) is 10.6 Å². The molecule has 1 unspecified atom stereocenters. The minimum atomic E-state index is -0.105. The normalized spacial score (nSPS) is 11.8. The maximum atomic E-state index is 11.8. The maximum Gasteiger partial charge on any atom is 0.238 e. The summed E-state index contributed by atoms with van der Waals surface area (Å²) in [5.41, 5.74) is 1.84. The van der Waals surface area contributed by atoms with Crippen LogP contribution < -0.4 is 16.0 Å². The highest BCUT2D eigenvalue weighted by molar-refractivity contribution is 5.92. The molecule has 1 rings (SSSR count). The number of hydrogen-bond donors (Lipinski definition) is 3. The molecule has 5 heteroatoms. The molecule has 21 heavy (non-hydrogen) atoms. The lowest BCUT2D eigenvalue weighted by molar-refractivity contribution is -0.122. The highest BCUT2D eigenvalue weighted by Crippen LogP contribution is 2.12. The van der Waals surface area contributed by atoms with E-state index >= 15 is 0 Å². The Balaban J connectivity index is 2.20. The summed E-state index contributed by atoms with van der Waals surface area (Å²) in [4.78, 5) is 23.3. The molecule has 0 saturated carbocycles. The van der Waals surface area contributed by atoms with Gasteiger partial charge in [-0.15, -0.1) is 0 Å². The number of carbonyl (C=O) groups excluding carboxylic acids is 2. The molecule has 0 heterocycles. The van der Waals surface area contributed by atoms with Crippen LogP contribution in [0.3, 0.4) is 0 Å². The summed E-state index contributed by atoms with van der Waals surface area (Å²) in [7, 11) is 0. The van der Waals surface area contributed by atoms with Crippen molar-refractivity contribution in [3.05, 3.63) is 29.8 Å². The van der Waals surface area contributed by atoms with Crippen LogP contribution in [0.1, 0.15) is 32.3 Å². The fourth-order valence-electron chi connectivity index (χ4n) is 1.76. The lowest BCUT2D eigenvalue weighted by Crippen LogP contribution is -2.35. The van der Waals surface area contributed by atoms with E-state index in [1.165, 1.54) is 0 Å². The summed E-state index contributed by atoms with van der Waals surface area (Å²) in [6.45, 7) is 6.64. The Morgan fingerprint density at radius 2 is 1.90 bits per heavy atom. The van der Waals surface area contributed by atoms with Crippen molar-refractivity contribution in [2.45, 2.75) is 39.7 Å². The average molecular weight is 291 g/mol. The van der Waals surface area contributed by atoms with Crippen molar-refractivity contribution in [2.75, 3.05) is 18.4 Å². The van der Waals surface area contributed by atoms with E-state index in [0.29, 0.717) is 13.0 Å². The van der Waals surface area contributed by atoms with Crippen LogP contribution >= 0.6 is 0 Å². The van der Waals surface area contributed by atoms with Crippen molar-refractivity contribution in [3.63, 3.8) is 0 Å². The smallest absolute Gasteiger partial charge is 0.238 e. The quantitative estimate of drug-likeness (QED) is 0.640. The van der Waals surface area contributed by atoms with Crippen LogP contribution in [-0.2, 0) is 9.59 Å². The monoisotopic (exact) mass is 291 g/mol. The van der Waals surface area contributed by atoms with E-state index in [1.54, 1.807) is 0 Å². The number of anilines is 1. The molecule has 0 saturated heterocycles. The standard InChI is InChI=1S/C16H25N3O2/c1-4-13(3)18-15(20)9-10-17-11-16(21)19-14-8-6-5-7-12(14)2/h5-8,13,17H,4,9-11H2,1-3H3,(H,18,20)(H,19,21). The van der Waals surface area contributed by atoms with Gasteiger partial charge in [-0.3, -0.25) is 9.59 Å². The first-order valence-electron chi connectivity index (χ1n) is 7.38. The molecule has 2 amide bonds. The second-order valence-electron chi connectivity index (χ2n) is 5.17. The number of nitrogens with one attached hydrogen (secondary N) is 3. The zero-order valence-corrected chi connectivity index (χ0v) is 13.0. The third-order valence-corrected chi connectivity index (χ3v) is 3.25. The molecule has 5 nitrogen and oxygen atoms in total. The third-order valence-electron chi connectivity index (χ3n) is 3.25. The number of amides is 2. The molecule has 0 bridgehead atoms. The molecular weight excluding hydrogens is 266 g/mol. The van der Waals surface area contributed by atoms with Crippen LogP contribution in [0.5, 0.6) is 0 Å². The van der Waals surface area contributed by atoms with E-state index in [-0.39, 0.29) is 24.4 Å². The predicted octanol–water partition coefficient (Wildman–Crippen LogP) is 1.83. The molecule has 116 valence electrons. The number of carbonyl (C=O) groups is 2. The van der Waals surface area contributed by atoms with Gasteiger partial charge >= 0.3 is 0 Å². The van der Waals surface area contributed by atoms with E-state index in [0.717, 1.165) is 17.7 Å². The van der Waals surface area contributed by atoms with E-state index in [9.17, 15) is 9.59 Å². The third kappa shape index (κ3) is 6.90. The van der Waals surface area contributed by atoms with Crippen molar-refractivity contribution in [1.29, 1.82) is 0 Å². The van der Waals surface area contributed by atoms with Crippen LogP contribution in [0.4, 0.5) is 5.69 Å². The van der Waals surface area contributed by atoms with Gasteiger partial charge in [-0.25, -0.2) is 0 Å². The first-order valence-corrected chi connectivity index (χ1v) is 7.38. The Bertz CT molecular complexity index is 474. The molecule has 0 spiro atoms. The molecule has 0 aromatic heterocycles. The minimum absolute atomic E-state index is 0.0103. The van der Waals surface area contributed by atoms with E-state index < -0.39 is 0 Å². The van der Waals surface area contributed by atoms with Crippen molar-refractivity contribution in [2.24, 2.45) is 0 Å². The first-order chi connectivity index (χ1) is 10.0.